The monoisotopic (exact) mass is 299 g/mol. The normalized spacial score (nSPS) is 13.3. The van der Waals surface area contributed by atoms with Crippen molar-refractivity contribution in [1.82, 2.24) is 5.32 Å². The summed E-state index contributed by atoms with van der Waals surface area (Å²) in [6, 6.07) is 4.12. The lowest BCUT2D eigenvalue weighted by Gasteiger charge is -2.25. The van der Waals surface area contributed by atoms with E-state index in [9.17, 15) is 14.0 Å². The zero-order valence-electron chi connectivity index (χ0n) is 12.1. The van der Waals surface area contributed by atoms with Crippen LogP contribution in [-0.2, 0) is 20.7 Å². The average Bonchev–Trinajstić information content (AvgIpc) is 2.38. The number of aliphatic carboxylic acids is 1. The van der Waals surface area contributed by atoms with Crippen LogP contribution in [0.3, 0.4) is 0 Å². The first kappa shape index (κ1) is 16.9. The fraction of sp³-hybridized carbons (Fsp3) is 0.429. The first-order chi connectivity index (χ1) is 9.82. The molecule has 0 fully saturated rings. The van der Waals surface area contributed by atoms with Gasteiger partial charge in [-0.15, -0.1) is 0 Å². The second-order valence-electron chi connectivity index (χ2n) is 4.76. The average molecular weight is 299 g/mol. The van der Waals surface area contributed by atoms with Crippen LogP contribution in [0.4, 0.5) is 4.39 Å². The first-order valence-electron chi connectivity index (χ1n) is 6.18. The lowest BCUT2D eigenvalue weighted by atomic mass is 10.0. The topological polar surface area (TPSA) is 84.9 Å². The third-order valence-corrected chi connectivity index (χ3v) is 2.90. The molecular formula is C14H18FNO5. The minimum atomic E-state index is -1.53. The van der Waals surface area contributed by atoms with E-state index in [0.29, 0.717) is 5.56 Å². The van der Waals surface area contributed by atoms with Crippen LogP contribution in [0, 0.1) is 5.82 Å². The molecule has 1 unspecified atom stereocenters. The van der Waals surface area contributed by atoms with Gasteiger partial charge < -0.3 is 19.9 Å². The van der Waals surface area contributed by atoms with E-state index in [1.807, 2.05) is 0 Å². The number of carbonyl (C=O) groups is 2. The highest BCUT2D eigenvalue weighted by molar-refractivity contribution is 5.87. The van der Waals surface area contributed by atoms with Gasteiger partial charge in [0.15, 0.2) is 17.1 Å². The van der Waals surface area contributed by atoms with Crippen LogP contribution in [-0.4, -0.2) is 43.3 Å². The van der Waals surface area contributed by atoms with E-state index in [0.717, 1.165) is 0 Å². The molecule has 0 saturated heterocycles. The molecule has 0 heterocycles. The number of carboxylic acids is 1. The molecule has 0 aliphatic heterocycles. The van der Waals surface area contributed by atoms with Crippen molar-refractivity contribution in [3.63, 3.8) is 0 Å². The number of methoxy groups -OCH3 is 2. The molecule has 2 N–H and O–H groups in total. The highest BCUT2D eigenvalue weighted by Gasteiger charge is 2.34. The lowest BCUT2D eigenvalue weighted by Crippen LogP contribution is -2.55. The summed E-state index contributed by atoms with van der Waals surface area (Å²) in [5.41, 5.74) is -1.12. The summed E-state index contributed by atoms with van der Waals surface area (Å²) >= 11 is 0. The van der Waals surface area contributed by atoms with Crippen LogP contribution < -0.4 is 10.1 Å². The van der Waals surface area contributed by atoms with Crippen LogP contribution in [0.15, 0.2) is 18.2 Å². The van der Waals surface area contributed by atoms with Crippen LogP contribution in [0.5, 0.6) is 5.75 Å². The molecule has 1 atom stereocenters. The minimum absolute atomic E-state index is 0.0777. The molecule has 1 rings (SSSR count). The fourth-order valence-electron chi connectivity index (χ4n) is 1.80. The quantitative estimate of drug-likeness (QED) is 0.784. The van der Waals surface area contributed by atoms with Crippen LogP contribution in [0.25, 0.3) is 0 Å². The molecule has 0 radical (unpaired) electrons. The van der Waals surface area contributed by atoms with E-state index in [1.54, 1.807) is 0 Å². The Morgan fingerprint density at radius 2 is 2.05 bits per heavy atom. The molecule has 7 heteroatoms. The van der Waals surface area contributed by atoms with Gasteiger partial charge >= 0.3 is 5.97 Å². The highest BCUT2D eigenvalue weighted by atomic mass is 19.1. The molecule has 0 spiro atoms. The summed E-state index contributed by atoms with van der Waals surface area (Å²) in [5.74, 6) is -2.25. The van der Waals surface area contributed by atoms with Crippen molar-refractivity contribution in [3.8, 4) is 5.75 Å². The highest BCUT2D eigenvalue weighted by Crippen LogP contribution is 2.18. The molecule has 116 valence electrons. The van der Waals surface area contributed by atoms with Crippen molar-refractivity contribution in [2.45, 2.75) is 18.9 Å². The molecule has 21 heavy (non-hydrogen) atoms. The van der Waals surface area contributed by atoms with Gasteiger partial charge in [-0.2, -0.15) is 0 Å². The molecular weight excluding hydrogens is 281 g/mol. The lowest BCUT2D eigenvalue weighted by molar-refractivity contribution is -0.149. The van der Waals surface area contributed by atoms with Crippen molar-refractivity contribution in [3.05, 3.63) is 29.6 Å². The van der Waals surface area contributed by atoms with Gasteiger partial charge in [-0.1, -0.05) is 6.07 Å². The van der Waals surface area contributed by atoms with E-state index < -0.39 is 23.2 Å². The number of amides is 1. The Balaban J connectivity index is 2.77. The summed E-state index contributed by atoms with van der Waals surface area (Å²) < 4.78 is 23.1. The van der Waals surface area contributed by atoms with Crippen molar-refractivity contribution >= 4 is 11.9 Å². The molecule has 0 aliphatic rings. The molecule has 0 aliphatic carbocycles. The number of halogens is 1. The van der Waals surface area contributed by atoms with Crippen LogP contribution in [0.2, 0.25) is 0 Å². The number of benzene rings is 1. The Labute approximate surface area is 121 Å². The van der Waals surface area contributed by atoms with Crippen molar-refractivity contribution in [1.29, 1.82) is 0 Å². The van der Waals surface area contributed by atoms with Gasteiger partial charge in [-0.25, -0.2) is 9.18 Å². The third-order valence-electron chi connectivity index (χ3n) is 2.90. The molecule has 1 aromatic rings. The van der Waals surface area contributed by atoms with Gasteiger partial charge in [0.2, 0.25) is 5.91 Å². The van der Waals surface area contributed by atoms with Crippen molar-refractivity contribution < 1.29 is 28.6 Å². The molecule has 0 saturated carbocycles. The number of carbonyl (C=O) groups excluding carboxylic acids is 1. The number of hydrogen-bond donors (Lipinski definition) is 2. The van der Waals surface area contributed by atoms with Gasteiger partial charge in [-0.3, -0.25) is 4.79 Å². The minimum Gasteiger partial charge on any atom is -0.494 e. The molecule has 6 nitrogen and oxygen atoms in total. The summed E-state index contributed by atoms with van der Waals surface area (Å²) in [7, 11) is 2.68. The Hall–Kier alpha value is -2.15. The SMILES string of the molecule is COCC(C)(NC(=O)Cc1ccc(OC)c(F)c1)C(=O)O. The number of nitrogens with one attached hydrogen (secondary N) is 1. The number of hydrogen-bond acceptors (Lipinski definition) is 4. The third kappa shape index (κ3) is 4.42. The maximum absolute atomic E-state index is 13.5. The van der Waals surface area contributed by atoms with Crippen molar-refractivity contribution in [2.75, 3.05) is 20.8 Å². The smallest absolute Gasteiger partial charge is 0.331 e. The largest absolute Gasteiger partial charge is 0.494 e. The Kier molecular flexibility index (Phi) is 5.66. The number of rotatable bonds is 7. The van der Waals surface area contributed by atoms with Crippen LogP contribution >= 0.6 is 0 Å². The Bertz CT molecular complexity index is 534. The van der Waals surface area contributed by atoms with E-state index in [4.69, 9.17) is 14.6 Å². The van der Waals surface area contributed by atoms with E-state index >= 15 is 0 Å². The van der Waals surface area contributed by atoms with E-state index in [-0.39, 0.29) is 18.8 Å². The van der Waals surface area contributed by atoms with Gasteiger partial charge in [0, 0.05) is 7.11 Å². The van der Waals surface area contributed by atoms with Gasteiger partial charge in [-0.05, 0) is 24.6 Å². The predicted octanol–water partition coefficient (Wildman–Crippen LogP) is 0.983. The second-order valence-corrected chi connectivity index (χ2v) is 4.76. The first-order valence-corrected chi connectivity index (χ1v) is 6.18. The predicted molar refractivity (Wildman–Crippen MR) is 72.7 cm³/mol. The van der Waals surface area contributed by atoms with Crippen molar-refractivity contribution in [2.24, 2.45) is 0 Å². The molecule has 0 aromatic heterocycles. The van der Waals surface area contributed by atoms with Gasteiger partial charge in [0.1, 0.15) is 0 Å². The van der Waals surface area contributed by atoms with Gasteiger partial charge in [0.25, 0.3) is 0 Å². The van der Waals surface area contributed by atoms with Crippen LogP contribution in [0.1, 0.15) is 12.5 Å². The zero-order chi connectivity index (χ0) is 16.0. The maximum Gasteiger partial charge on any atom is 0.331 e. The summed E-state index contributed by atoms with van der Waals surface area (Å²) in [4.78, 5) is 23.1. The Morgan fingerprint density at radius 1 is 1.38 bits per heavy atom. The zero-order valence-corrected chi connectivity index (χ0v) is 12.1. The molecule has 1 amide bonds. The standard InChI is InChI=1S/C14H18FNO5/c1-14(8-20-2,13(18)19)16-12(17)7-9-4-5-11(21-3)10(15)6-9/h4-6H,7-8H2,1-3H3,(H,16,17)(H,18,19). The maximum atomic E-state index is 13.5. The number of carboxylic acid groups (broad SMARTS) is 1. The summed E-state index contributed by atoms with van der Waals surface area (Å²) in [6.07, 6.45) is -0.145. The van der Waals surface area contributed by atoms with Gasteiger partial charge in [0.05, 0.1) is 20.1 Å². The fourth-order valence-corrected chi connectivity index (χ4v) is 1.80. The van der Waals surface area contributed by atoms with E-state index in [1.165, 1.54) is 39.3 Å². The Morgan fingerprint density at radius 3 is 2.52 bits per heavy atom. The second kappa shape index (κ2) is 7.03. The molecule has 1 aromatic carbocycles. The number of ether oxygens (including phenoxy) is 2. The summed E-state index contributed by atoms with van der Waals surface area (Å²) in [6.45, 7) is 1.16. The van der Waals surface area contributed by atoms with E-state index in [2.05, 4.69) is 5.32 Å². The molecule has 0 bridgehead atoms. The summed E-state index contributed by atoms with van der Waals surface area (Å²) in [5, 5.41) is 11.5.